The molecule has 4 heteroatoms. The van der Waals surface area contributed by atoms with Gasteiger partial charge in [0.1, 0.15) is 0 Å². The lowest BCUT2D eigenvalue weighted by atomic mass is 9.95. The van der Waals surface area contributed by atoms with Crippen molar-refractivity contribution in [2.45, 2.75) is 19.3 Å². The number of aliphatic carboxylic acids is 1. The van der Waals surface area contributed by atoms with Crippen molar-refractivity contribution in [3.05, 3.63) is 59.7 Å². The van der Waals surface area contributed by atoms with E-state index >= 15 is 0 Å². The van der Waals surface area contributed by atoms with Gasteiger partial charge in [0, 0.05) is 0 Å². The van der Waals surface area contributed by atoms with E-state index in [-0.39, 0.29) is 17.9 Å². The second kappa shape index (κ2) is 6.22. The van der Waals surface area contributed by atoms with Crippen LogP contribution in [-0.2, 0) is 4.79 Å². The van der Waals surface area contributed by atoms with Crippen molar-refractivity contribution in [3.8, 4) is 11.1 Å². The molecule has 0 amide bonds. The number of carbonyl (C=O) groups is 2. The molecule has 0 spiro atoms. The van der Waals surface area contributed by atoms with Gasteiger partial charge in [-0.1, -0.05) is 43.3 Å². The van der Waals surface area contributed by atoms with Crippen molar-refractivity contribution in [1.82, 2.24) is 0 Å². The summed E-state index contributed by atoms with van der Waals surface area (Å²) in [6.07, 6.45) is 0.104. The Morgan fingerprint density at radius 2 is 1.38 bits per heavy atom. The molecule has 2 aromatic rings. The molecular formula is C17H16O4. The number of hydrogen-bond acceptors (Lipinski definition) is 2. The van der Waals surface area contributed by atoms with Crippen molar-refractivity contribution in [3.63, 3.8) is 0 Å². The molecule has 0 fully saturated rings. The highest BCUT2D eigenvalue weighted by atomic mass is 16.4. The first-order valence-corrected chi connectivity index (χ1v) is 6.63. The van der Waals surface area contributed by atoms with Crippen LogP contribution in [0.5, 0.6) is 0 Å². The Kier molecular flexibility index (Phi) is 4.38. The molecule has 0 aliphatic carbocycles. The Hall–Kier alpha value is -2.62. The number of benzene rings is 2. The van der Waals surface area contributed by atoms with E-state index in [9.17, 15) is 9.59 Å². The average molecular weight is 284 g/mol. The third kappa shape index (κ3) is 3.69. The van der Waals surface area contributed by atoms with E-state index in [2.05, 4.69) is 0 Å². The molecule has 0 bridgehead atoms. The summed E-state index contributed by atoms with van der Waals surface area (Å²) in [5.74, 6) is -1.79. The van der Waals surface area contributed by atoms with Gasteiger partial charge in [-0.15, -0.1) is 0 Å². The summed E-state index contributed by atoms with van der Waals surface area (Å²) in [6.45, 7) is 1.88. The average Bonchev–Trinajstić information content (AvgIpc) is 2.47. The fourth-order valence-electron chi connectivity index (χ4n) is 2.19. The number of rotatable bonds is 5. The van der Waals surface area contributed by atoms with Gasteiger partial charge in [-0.3, -0.25) is 4.79 Å². The molecule has 108 valence electrons. The highest BCUT2D eigenvalue weighted by Crippen LogP contribution is 2.24. The predicted molar refractivity (Wildman–Crippen MR) is 79.5 cm³/mol. The molecule has 1 atom stereocenters. The van der Waals surface area contributed by atoms with Crippen LogP contribution in [0.2, 0.25) is 0 Å². The van der Waals surface area contributed by atoms with Crippen LogP contribution in [0.15, 0.2) is 48.5 Å². The minimum atomic E-state index is -0.945. The maximum Gasteiger partial charge on any atom is 0.335 e. The lowest BCUT2D eigenvalue weighted by Crippen LogP contribution is -2.02. The van der Waals surface area contributed by atoms with Crippen LogP contribution in [0.3, 0.4) is 0 Å². The number of hydrogen-bond donors (Lipinski definition) is 2. The number of aromatic carboxylic acids is 1. The monoisotopic (exact) mass is 284 g/mol. The van der Waals surface area contributed by atoms with Crippen molar-refractivity contribution in [1.29, 1.82) is 0 Å². The SMILES string of the molecule is CC(CC(=O)O)c1ccc(-c2ccc(C(=O)O)cc2)cc1. The van der Waals surface area contributed by atoms with Crippen LogP contribution in [0, 0.1) is 0 Å². The van der Waals surface area contributed by atoms with Crippen LogP contribution < -0.4 is 0 Å². The zero-order valence-corrected chi connectivity index (χ0v) is 11.6. The van der Waals surface area contributed by atoms with E-state index in [0.29, 0.717) is 0 Å². The van der Waals surface area contributed by atoms with Gasteiger partial charge in [0.25, 0.3) is 0 Å². The lowest BCUT2D eigenvalue weighted by molar-refractivity contribution is -0.137. The quantitative estimate of drug-likeness (QED) is 0.879. The largest absolute Gasteiger partial charge is 0.481 e. The Morgan fingerprint density at radius 1 is 0.905 bits per heavy atom. The maximum absolute atomic E-state index is 10.8. The van der Waals surface area contributed by atoms with Crippen LogP contribution >= 0.6 is 0 Å². The van der Waals surface area contributed by atoms with E-state index in [0.717, 1.165) is 16.7 Å². The van der Waals surface area contributed by atoms with E-state index in [1.807, 2.05) is 31.2 Å². The number of carboxylic acids is 2. The van der Waals surface area contributed by atoms with E-state index in [4.69, 9.17) is 10.2 Å². The second-order valence-electron chi connectivity index (χ2n) is 5.00. The first-order valence-electron chi connectivity index (χ1n) is 6.63. The standard InChI is InChI=1S/C17H16O4/c1-11(10-16(18)19)12-2-4-13(5-3-12)14-6-8-15(9-7-14)17(20)21/h2-9,11H,10H2,1H3,(H,18,19)(H,20,21). The minimum Gasteiger partial charge on any atom is -0.481 e. The van der Waals surface area contributed by atoms with Gasteiger partial charge in [-0.05, 0) is 34.7 Å². The first-order chi connectivity index (χ1) is 9.97. The summed E-state index contributed by atoms with van der Waals surface area (Å²) in [5, 5.41) is 17.7. The Balaban J connectivity index is 2.18. The van der Waals surface area contributed by atoms with Crippen LogP contribution in [-0.4, -0.2) is 22.2 Å². The summed E-state index contributed by atoms with van der Waals surface area (Å²) < 4.78 is 0. The molecule has 2 N–H and O–H groups in total. The third-order valence-electron chi connectivity index (χ3n) is 3.43. The molecule has 0 saturated heterocycles. The summed E-state index contributed by atoms with van der Waals surface area (Å²) in [5.41, 5.74) is 3.13. The third-order valence-corrected chi connectivity index (χ3v) is 3.43. The maximum atomic E-state index is 10.8. The summed E-state index contributed by atoms with van der Waals surface area (Å²) in [7, 11) is 0. The fraction of sp³-hybridized carbons (Fsp3) is 0.176. The van der Waals surface area contributed by atoms with E-state index in [1.165, 1.54) is 0 Å². The van der Waals surface area contributed by atoms with Crippen molar-refractivity contribution >= 4 is 11.9 Å². The van der Waals surface area contributed by atoms with Gasteiger partial charge in [-0.2, -0.15) is 0 Å². The smallest absolute Gasteiger partial charge is 0.335 e. The second-order valence-corrected chi connectivity index (χ2v) is 5.00. The van der Waals surface area contributed by atoms with Gasteiger partial charge in [0.2, 0.25) is 0 Å². The molecule has 1 unspecified atom stereocenters. The fourth-order valence-corrected chi connectivity index (χ4v) is 2.19. The molecule has 2 aromatic carbocycles. The van der Waals surface area contributed by atoms with Crippen LogP contribution in [0.25, 0.3) is 11.1 Å². The molecule has 0 aliphatic rings. The van der Waals surface area contributed by atoms with Gasteiger partial charge in [0.05, 0.1) is 12.0 Å². The summed E-state index contributed by atoms with van der Waals surface area (Å²) in [4.78, 5) is 21.5. The van der Waals surface area contributed by atoms with Crippen LogP contribution in [0.1, 0.15) is 35.2 Å². The topological polar surface area (TPSA) is 74.6 Å². The zero-order valence-electron chi connectivity index (χ0n) is 11.6. The van der Waals surface area contributed by atoms with E-state index < -0.39 is 11.9 Å². The highest BCUT2D eigenvalue weighted by Gasteiger charge is 2.10. The lowest BCUT2D eigenvalue weighted by Gasteiger charge is -2.10. The Bertz CT molecular complexity index is 641. The Morgan fingerprint density at radius 3 is 1.81 bits per heavy atom. The predicted octanol–water partition coefficient (Wildman–Crippen LogP) is 3.63. The van der Waals surface area contributed by atoms with Crippen molar-refractivity contribution < 1.29 is 19.8 Å². The summed E-state index contributed by atoms with van der Waals surface area (Å²) in [6, 6.07) is 14.3. The van der Waals surface area contributed by atoms with Crippen LogP contribution in [0.4, 0.5) is 0 Å². The molecule has 0 aliphatic heterocycles. The van der Waals surface area contributed by atoms with Gasteiger partial charge < -0.3 is 10.2 Å². The minimum absolute atomic E-state index is 0.0362. The Labute approximate surface area is 122 Å². The molecule has 0 saturated carbocycles. The molecule has 0 aromatic heterocycles. The summed E-state index contributed by atoms with van der Waals surface area (Å²) >= 11 is 0. The van der Waals surface area contributed by atoms with Gasteiger partial charge >= 0.3 is 11.9 Å². The molecule has 21 heavy (non-hydrogen) atoms. The molecule has 4 nitrogen and oxygen atoms in total. The molecule has 2 rings (SSSR count). The van der Waals surface area contributed by atoms with Crippen molar-refractivity contribution in [2.24, 2.45) is 0 Å². The van der Waals surface area contributed by atoms with Gasteiger partial charge in [-0.25, -0.2) is 4.79 Å². The normalized spacial score (nSPS) is 11.9. The van der Waals surface area contributed by atoms with Gasteiger partial charge in [0.15, 0.2) is 0 Å². The zero-order chi connectivity index (χ0) is 15.4. The first kappa shape index (κ1) is 14.8. The molecule has 0 radical (unpaired) electrons. The molecule has 0 heterocycles. The van der Waals surface area contributed by atoms with Crippen molar-refractivity contribution in [2.75, 3.05) is 0 Å². The highest BCUT2D eigenvalue weighted by molar-refractivity contribution is 5.88. The number of carboxylic acid groups (broad SMARTS) is 2. The van der Waals surface area contributed by atoms with E-state index in [1.54, 1.807) is 24.3 Å². The molecular weight excluding hydrogens is 268 g/mol.